The van der Waals surface area contributed by atoms with Crippen molar-refractivity contribution in [2.75, 3.05) is 13.1 Å². The van der Waals surface area contributed by atoms with Crippen molar-refractivity contribution in [1.82, 2.24) is 5.32 Å². The summed E-state index contributed by atoms with van der Waals surface area (Å²) in [5.41, 5.74) is 1.24. The smallest absolute Gasteiger partial charge is 0.307 e. The third kappa shape index (κ3) is 4.77. The number of hydrogen-bond donors (Lipinski definition) is 2. The Morgan fingerprint density at radius 1 is 1.56 bits per heavy atom. The van der Waals surface area contributed by atoms with Crippen LogP contribution < -0.4 is 5.32 Å². The molecule has 0 spiro atoms. The van der Waals surface area contributed by atoms with Gasteiger partial charge in [-0.1, -0.05) is 35.0 Å². The van der Waals surface area contributed by atoms with Gasteiger partial charge in [0.25, 0.3) is 0 Å². The van der Waals surface area contributed by atoms with Crippen molar-refractivity contribution in [3.63, 3.8) is 0 Å². The minimum absolute atomic E-state index is 0.331. The number of benzene rings is 1. The molecule has 4 heteroatoms. The Bertz CT molecular complexity index is 355. The largest absolute Gasteiger partial charge is 0.481 e. The summed E-state index contributed by atoms with van der Waals surface area (Å²) in [6.45, 7) is 3.02. The molecule has 1 unspecified atom stereocenters. The third-order valence-corrected chi connectivity index (χ3v) is 2.84. The number of aliphatic carboxylic acids is 1. The van der Waals surface area contributed by atoms with Gasteiger partial charge in [0.15, 0.2) is 0 Å². The first-order valence-electron chi connectivity index (χ1n) is 5.27. The predicted octanol–water partition coefficient (Wildman–Crippen LogP) is 2.30. The van der Waals surface area contributed by atoms with Gasteiger partial charge in [-0.15, -0.1) is 0 Å². The quantitative estimate of drug-likeness (QED) is 0.789. The zero-order valence-electron chi connectivity index (χ0n) is 9.24. The topological polar surface area (TPSA) is 49.3 Å². The molecule has 0 radical (unpaired) electrons. The van der Waals surface area contributed by atoms with Crippen molar-refractivity contribution < 1.29 is 9.90 Å². The van der Waals surface area contributed by atoms with E-state index in [0.29, 0.717) is 6.54 Å². The van der Waals surface area contributed by atoms with Crippen molar-refractivity contribution in [3.05, 3.63) is 34.3 Å². The van der Waals surface area contributed by atoms with Gasteiger partial charge in [-0.25, -0.2) is 0 Å². The van der Waals surface area contributed by atoms with Gasteiger partial charge in [0.2, 0.25) is 0 Å². The van der Waals surface area contributed by atoms with Crippen molar-refractivity contribution >= 4 is 21.9 Å². The Labute approximate surface area is 104 Å². The summed E-state index contributed by atoms with van der Waals surface area (Å²) in [6, 6.07) is 8.12. The van der Waals surface area contributed by atoms with E-state index in [9.17, 15) is 4.79 Å². The van der Waals surface area contributed by atoms with Gasteiger partial charge in [-0.3, -0.25) is 4.79 Å². The van der Waals surface area contributed by atoms with Gasteiger partial charge >= 0.3 is 5.97 Å². The SMILES string of the molecule is CC(CNCCc1cccc(Br)c1)C(=O)O. The van der Waals surface area contributed by atoms with E-state index in [4.69, 9.17) is 5.11 Å². The van der Waals surface area contributed by atoms with E-state index in [1.165, 1.54) is 5.56 Å². The van der Waals surface area contributed by atoms with Crippen LogP contribution in [0.15, 0.2) is 28.7 Å². The molecule has 0 aromatic heterocycles. The van der Waals surface area contributed by atoms with Crippen LogP contribution in [0.2, 0.25) is 0 Å². The highest BCUT2D eigenvalue weighted by molar-refractivity contribution is 9.10. The number of halogens is 1. The second kappa shape index (κ2) is 6.66. The number of nitrogens with one attached hydrogen (secondary N) is 1. The van der Waals surface area contributed by atoms with Crippen LogP contribution in [0.3, 0.4) is 0 Å². The van der Waals surface area contributed by atoms with E-state index in [-0.39, 0.29) is 5.92 Å². The fourth-order valence-corrected chi connectivity index (χ4v) is 1.78. The number of carbonyl (C=O) groups is 1. The molecule has 0 heterocycles. The van der Waals surface area contributed by atoms with Crippen molar-refractivity contribution in [1.29, 1.82) is 0 Å². The first-order valence-corrected chi connectivity index (χ1v) is 6.07. The molecule has 1 atom stereocenters. The highest BCUT2D eigenvalue weighted by Gasteiger charge is 2.08. The van der Waals surface area contributed by atoms with Crippen molar-refractivity contribution in [2.24, 2.45) is 5.92 Å². The Morgan fingerprint density at radius 3 is 2.94 bits per heavy atom. The summed E-state index contributed by atoms with van der Waals surface area (Å²) in [7, 11) is 0. The number of carboxylic acid groups (broad SMARTS) is 1. The molecule has 1 aromatic rings. The lowest BCUT2D eigenvalue weighted by molar-refractivity contribution is -0.140. The zero-order chi connectivity index (χ0) is 12.0. The first-order chi connectivity index (χ1) is 7.59. The van der Waals surface area contributed by atoms with Gasteiger partial charge in [0.1, 0.15) is 0 Å². The van der Waals surface area contributed by atoms with E-state index in [1.807, 2.05) is 12.1 Å². The Hall–Kier alpha value is -0.870. The number of rotatable bonds is 6. The fourth-order valence-electron chi connectivity index (χ4n) is 1.33. The Morgan fingerprint density at radius 2 is 2.31 bits per heavy atom. The average molecular weight is 286 g/mol. The molecule has 0 saturated heterocycles. The van der Waals surface area contributed by atoms with Crippen LogP contribution in [0.4, 0.5) is 0 Å². The first kappa shape index (κ1) is 13.2. The fraction of sp³-hybridized carbons (Fsp3) is 0.417. The number of hydrogen-bond acceptors (Lipinski definition) is 2. The molecule has 0 aliphatic rings. The monoisotopic (exact) mass is 285 g/mol. The molecule has 88 valence electrons. The van der Waals surface area contributed by atoms with Crippen LogP contribution in [-0.2, 0) is 11.2 Å². The summed E-state index contributed by atoms with van der Waals surface area (Å²) in [4.78, 5) is 10.6. The van der Waals surface area contributed by atoms with Gasteiger partial charge in [-0.2, -0.15) is 0 Å². The van der Waals surface area contributed by atoms with E-state index in [0.717, 1.165) is 17.4 Å². The van der Waals surface area contributed by atoms with Gasteiger partial charge < -0.3 is 10.4 Å². The maximum Gasteiger partial charge on any atom is 0.307 e. The Kier molecular flexibility index (Phi) is 5.49. The van der Waals surface area contributed by atoms with Crippen LogP contribution in [0, 0.1) is 5.92 Å². The second-order valence-electron chi connectivity index (χ2n) is 3.82. The lowest BCUT2D eigenvalue weighted by atomic mass is 10.1. The Balaban J connectivity index is 2.23. The summed E-state index contributed by atoms with van der Waals surface area (Å²) in [5, 5.41) is 11.8. The molecular weight excluding hydrogens is 270 g/mol. The predicted molar refractivity (Wildman–Crippen MR) is 67.5 cm³/mol. The highest BCUT2D eigenvalue weighted by atomic mass is 79.9. The van der Waals surface area contributed by atoms with Gasteiger partial charge in [0, 0.05) is 11.0 Å². The molecule has 0 fully saturated rings. The molecule has 0 amide bonds. The lowest BCUT2D eigenvalue weighted by Crippen LogP contribution is -2.27. The van der Waals surface area contributed by atoms with Crippen LogP contribution in [-0.4, -0.2) is 24.2 Å². The molecule has 1 rings (SSSR count). The third-order valence-electron chi connectivity index (χ3n) is 2.35. The number of carboxylic acids is 1. The van der Waals surface area contributed by atoms with Crippen LogP contribution in [0.1, 0.15) is 12.5 Å². The zero-order valence-corrected chi connectivity index (χ0v) is 10.8. The standard InChI is InChI=1S/C12H16BrNO2/c1-9(12(15)16)8-14-6-5-10-3-2-4-11(13)7-10/h2-4,7,9,14H,5-6,8H2,1H3,(H,15,16). The van der Waals surface area contributed by atoms with Crippen molar-refractivity contribution in [2.45, 2.75) is 13.3 Å². The van der Waals surface area contributed by atoms with E-state index >= 15 is 0 Å². The summed E-state index contributed by atoms with van der Waals surface area (Å²) in [5.74, 6) is -1.09. The summed E-state index contributed by atoms with van der Waals surface area (Å²) >= 11 is 3.42. The average Bonchev–Trinajstić information content (AvgIpc) is 2.24. The highest BCUT2D eigenvalue weighted by Crippen LogP contribution is 2.11. The van der Waals surface area contributed by atoms with Crippen LogP contribution >= 0.6 is 15.9 Å². The minimum Gasteiger partial charge on any atom is -0.481 e. The maximum atomic E-state index is 10.6. The molecule has 3 nitrogen and oxygen atoms in total. The van der Waals surface area contributed by atoms with E-state index < -0.39 is 5.97 Å². The van der Waals surface area contributed by atoms with Gasteiger partial charge in [0.05, 0.1) is 5.92 Å². The summed E-state index contributed by atoms with van der Waals surface area (Å²) < 4.78 is 1.07. The second-order valence-corrected chi connectivity index (χ2v) is 4.74. The maximum absolute atomic E-state index is 10.6. The molecule has 0 aliphatic heterocycles. The van der Waals surface area contributed by atoms with Crippen LogP contribution in [0.25, 0.3) is 0 Å². The molecular formula is C12H16BrNO2. The molecule has 16 heavy (non-hydrogen) atoms. The molecule has 0 bridgehead atoms. The summed E-state index contributed by atoms with van der Waals surface area (Å²) in [6.07, 6.45) is 0.909. The minimum atomic E-state index is -0.755. The van der Waals surface area contributed by atoms with Crippen molar-refractivity contribution in [3.8, 4) is 0 Å². The molecule has 1 aromatic carbocycles. The van der Waals surface area contributed by atoms with Crippen LogP contribution in [0.5, 0.6) is 0 Å². The van der Waals surface area contributed by atoms with E-state index in [2.05, 4.69) is 33.4 Å². The van der Waals surface area contributed by atoms with Gasteiger partial charge in [-0.05, 0) is 30.7 Å². The normalized spacial score (nSPS) is 12.4. The molecule has 0 saturated carbocycles. The molecule has 2 N–H and O–H groups in total. The molecule has 0 aliphatic carbocycles. The lowest BCUT2D eigenvalue weighted by Gasteiger charge is -2.08. The van der Waals surface area contributed by atoms with E-state index in [1.54, 1.807) is 6.92 Å².